The average molecular weight is 310 g/mol. The molecule has 0 aliphatic heterocycles. The smallest absolute Gasteiger partial charge is 0.154 e. The van der Waals surface area contributed by atoms with E-state index in [0.717, 1.165) is 34.5 Å². The molecule has 2 aromatic carbocycles. The molecular formula is C17H18N4O2. The van der Waals surface area contributed by atoms with Crippen LogP contribution in [0.5, 0.6) is 11.5 Å². The number of nitrogens with zero attached hydrogens (tertiary/aromatic N) is 1. The highest BCUT2D eigenvalue weighted by atomic mass is 16.5. The van der Waals surface area contributed by atoms with Crippen LogP contribution in [0.3, 0.4) is 0 Å². The summed E-state index contributed by atoms with van der Waals surface area (Å²) >= 11 is 0. The van der Waals surface area contributed by atoms with E-state index in [1.165, 1.54) is 0 Å². The number of aromatic amines is 1. The zero-order valence-corrected chi connectivity index (χ0v) is 13.0. The van der Waals surface area contributed by atoms with Crippen LogP contribution in [0.2, 0.25) is 0 Å². The van der Waals surface area contributed by atoms with E-state index in [4.69, 9.17) is 9.47 Å². The maximum absolute atomic E-state index is 5.14. The highest BCUT2D eigenvalue weighted by molar-refractivity contribution is 5.64. The number of ether oxygens (including phenoxy) is 2. The van der Waals surface area contributed by atoms with E-state index in [2.05, 4.69) is 20.8 Å². The molecule has 0 saturated carbocycles. The standard InChI is InChI=1S/C17H18N4O2/c1-22-14-7-3-12(4-8-14)18-16-11-17(21-20-16)19-13-5-9-15(23-2)10-6-13/h3-11H,1-2H3,(H3,18,19,20,21). The first-order valence-corrected chi connectivity index (χ1v) is 7.14. The summed E-state index contributed by atoms with van der Waals surface area (Å²) in [5.74, 6) is 3.17. The number of H-pyrrole nitrogens is 1. The summed E-state index contributed by atoms with van der Waals surface area (Å²) in [6.45, 7) is 0. The second-order valence-electron chi connectivity index (χ2n) is 4.87. The van der Waals surface area contributed by atoms with Gasteiger partial charge < -0.3 is 20.1 Å². The van der Waals surface area contributed by atoms with Gasteiger partial charge in [-0.2, -0.15) is 5.10 Å². The van der Waals surface area contributed by atoms with Crippen molar-refractivity contribution >= 4 is 23.0 Å². The van der Waals surface area contributed by atoms with Crippen molar-refractivity contribution in [2.75, 3.05) is 24.9 Å². The van der Waals surface area contributed by atoms with Gasteiger partial charge in [0.05, 0.1) is 14.2 Å². The van der Waals surface area contributed by atoms with Crippen LogP contribution in [0.25, 0.3) is 0 Å². The normalized spacial score (nSPS) is 10.2. The Balaban J connectivity index is 1.64. The number of anilines is 4. The van der Waals surface area contributed by atoms with E-state index >= 15 is 0 Å². The molecule has 0 aliphatic carbocycles. The van der Waals surface area contributed by atoms with Gasteiger partial charge in [0.1, 0.15) is 17.3 Å². The van der Waals surface area contributed by atoms with Crippen molar-refractivity contribution < 1.29 is 9.47 Å². The molecular weight excluding hydrogens is 292 g/mol. The molecule has 0 atom stereocenters. The molecule has 0 radical (unpaired) electrons. The molecule has 6 nitrogen and oxygen atoms in total. The summed E-state index contributed by atoms with van der Waals surface area (Å²) in [5.41, 5.74) is 1.89. The first kappa shape index (κ1) is 14.8. The molecule has 0 saturated heterocycles. The van der Waals surface area contributed by atoms with Gasteiger partial charge >= 0.3 is 0 Å². The number of hydrogen-bond donors (Lipinski definition) is 3. The Kier molecular flexibility index (Phi) is 4.33. The van der Waals surface area contributed by atoms with Gasteiger partial charge in [-0.25, -0.2) is 0 Å². The highest BCUT2D eigenvalue weighted by Crippen LogP contribution is 2.23. The lowest BCUT2D eigenvalue weighted by atomic mass is 10.3. The Morgan fingerprint density at radius 3 is 1.83 bits per heavy atom. The van der Waals surface area contributed by atoms with Crippen molar-refractivity contribution in [3.63, 3.8) is 0 Å². The molecule has 0 unspecified atom stereocenters. The lowest BCUT2D eigenvalue weighted by molar-refractivity contribution is 0.415. The van der Waals surface area contributed by atoms with Gasteiger partial charge in [-0.05, 0) is 48.5 Å². The fourth-order valence-electron chi connectivity index (χ4n) is 2.10. The number of nitrogens with one attached hydrogen (secondary N) is 3. The minimum atomic E-state index is 0.728. The third kappa shape index (κ3) is 3.74. The maximum atomic E-state index is 5.14. The Bertz CT molecular complexity index is 687. The fraction of sp³-hybridized carbons (Fsp3) is 0.118. The predicted octanol–water partition coefficient (Wildman–Crippen LogP) is 3.91. The first-order chi connectivity index (χ1) is 11.3. The lowest BCUT2D eigenvalue weighted by Gasteiger charge is -2.05. The highest BCUT2D eigenvalue weighted by Gasteiger charge is 2.03. The molecule has 1 aromatic heterocycles. The largest absolute Gasteiger partial charge is 0.497 e. The number of rotatable bonds is 6. The molecule has 0 spiro atoms. The van der Waals surface area contributed by atoms with Crippen LogP contribution in [0.1, 0.15) is 0 Å². The summed E-state index contributed by atoms with van der Waals surface area (Å²) in [6, 6.07) is 17.2. The molecule has 6 heteroatoms. The molecule has 3 N–H and O–H groups in total. The van der Waals surface area contributed by atoms with Crippen LogP contribution >= 0.6 is 0 Å². The number of aromatic nitrogens is 2. The van der Waals surface area contributed by atoms with E-state index in [0.29, 0.717) is 0 Å². The van der Waals surface area contributed by atoms with Crippen molar-refractivity contribution in [2.45, 2.75) is 0 Å². The van der Waals surface area contributed by atoms with Crippen molar-refractivity contribution in [3.8, 4) is 11.5 Å². The minimum absolute atomic E-state index is 0.728. The Labute approximate surface area is 134 Å². The number of benzene rings is 2. The Hall–Kier alpha value is -3.15. The number of methoxy groups -OCH3 is 2. The zero-order chi connectivity index (χ0) is 16.1. The van der Waals surface area contributed by atoms with Gasteiger partial charge in [-0.3, -0.25) is 5.10 Å². The molecule has 23 heavy (non-hydrogen) atoms. The first-order valence-electron chi connectivity index (χ1n) is 7.14. The van der Waals surface area contributed by atoms with Crippen molar-refractivity contribution in [2.24, 2.45) is 0 Å². The summed E-state index contributed by atoms with van der Waals surface area (Å²) in [6.07, 6.45) is 0. The van der Waals surface area contributed by atoms with Gasteiger partial charge in [-0.15, -0.1) is 0 Å². The molecule has 0 amide bonds. The second kappa shape index (κ2) is 6.74. The van der Waals surface area contributed by atoms with Crippen LogP contribution in [-0.4, -0.2) is 24.4 Å². The van der Waals surface area contributed by atoms with Crippen LogP contribution in [-0.2, 0) is 0 Å². The van der Waals surface area contributed by atoms with E-state index in [1.54, 1.807) is 14.2 Å². The SMILES string of the molecule is COc1ccc(Nc2cc(Nc3ccc(OC)cc3)[nH]n2)cc1. The summed E-state index contributed by atoms with van der Waals surface area (Å²) in [4.78, 5) is 0. The molecule has 0 bridgehead atoms. The molecule has 0 aliphatic rings. The lowest BCUT2D eigenvalue weighted by Crippen LogP contribution is -1.90. The van der Waals surface area contributed by atoms with Crippen molar-refractivity contribution in [1.29, 1.82) is 0 Å². The second-order valence-corrected chi connectivity index (χ2v) is 4.87. The molecule has 3 rings (SSSR count). The summed E-state index contributed by atoms with van der Waals surface area (Å²) in [5, 5.41) is 13.6. The van der Waals surface area contributed by atoms with E-state index < -0.39 is 0 Å². The van der Waals surface area contributed by atoms with E-state index in [1.807, 2.05) is 54.6 Å². The molecule has 118 valence electrons. The Morgan fingerprint density at radius 2 is 1.30 bits per heavy atom. The predicted molar refractivity (Wildman–Crippen MR) is 91.1 cm³/mol. The van der Waals surface area contributed by atoms with Crippen LogP contribution in [0.4, 0.5) is 23.0 Å². The average Bonchev–Trinajstić information content (AvgIpc) is 3.03. The third-order valence-corrected chi connectivity index (χ3v) is 3.31. The fourth-order valence-corrected chi connectivity index (χ4v) is 2.10. The summed E-state index contributed by atoms with van der Waals surface area (Å²) < 4.78 is 10.3. The van der Waals surface area contributed by atoms with Crippen molar-refractivity contribution in [3.05, 3.63) is 54.6 Å². The molecule has 0 fully saturated rings. The van der Waals surface area contributed by atoms with E-state index in [9.17, 15) is 0 Å². The van der Waals surface area contributed by atoms with Gasteiger partial charge in [0.2, 0.25) is 0 Å². The summed E-state index contributed by atoms with van der Waals surface area (Å²) in [7, 11) is 3.29. The van der Waals surface area contributed by atoms with Gasteiger partial charge in [0.15, 0.2) is 5.82 Å². The van der Waals surface area contributed by atoms with Gasteiger partial charge in [-0.1, -0.05) is 0 Å². The van der Waals surface area contributed by atoms with Crippen LogP contribution in [0, 0.1) is 0 Å². The third-order valence-electron chi connectivity index (χ3n) is 3.31. The topological polar surface area (TPSA) is 71.2 Å². The maximum Gasteiger partial charge on any atom is 0.154 e. The minimum Gasteiger partial charge on any atom is -0.497 e. The van der Waals surface area contributed by atoms with Crippen molar-refractivity contribution in [1.82, 2.24) is 10.2 Å². The monoisotopic (exact) mass is 310 g/mol. The van der Waals surface area contributed by atoms with Gasteiger partial charge in [0.25, 0.3) is 0 Å². The molecule has 3 aromatic rings. The van der Waals surface area contributed by atoms with Crippen LogP contribution in [0.15, 0.2) is 54.6 Å². The quantitative estimate of drug-likeness (QED) is 0.644. The zero-order valence-electron chi connectivity index (χ0n) is 13.0. The van der Waals surface area contributed by atoms with Gasteiger partial charge in [0, 0.05) is 17.4 Å². The van der Waals surface area contributed by atoms with Crippen LogP contribution < -0.4 is 20.1 Å². The molecule has 1 heterocycles. The van der Waals surface area contributed by atoms with E-state index in [-0.39, 0.29) is 0 Å². The number of hydrogen-bond acceptors (Lipinski definition) is 5. The Morgan fingerprint density at radius 1 is 0.783 bits per heavy atom.